The quantitative estimate of drug-likeness (QED) is 0.824. The fraction of sp³-hybridized carbons (Fsp3) is 0.429. The lowest BCUT2D eigenvalue weighted by atomic mass is 9.96. The second kappa shape index (κ2) is 5.85. The van der Waals surface area contributed by atoms with E-state index in [0.29, 0.717) is 5.69 Å². The maximum absolute atomic E-state index is 12.6. The third-order valence-corrected chi connectivity index (χ3v) is 4.60. The number of nitrogens with zero attached hydrogens (tertiary/aromatic N) is 1. The van der Waals surface area contributed by atoms with Gasteiger partial charge in [-0.3, -0.25) is 14.5 Å². The predicted octanol–water partition coefficient (Wildman–Crippen LogP) is 3.09. The molecule has 2 unspecified atom stereocenters. The van der Waals surface area contributed by atoms with E-state index < -0.39 is 12.1 Å². The molecule has 1 aromatic rings. The molecule has 0 radical (unpaired) electrons. The summed E-state index contributed by atoms with van der Waals surface area (Å²) in [6, 6.07) is 4.58. The highest BCUT2D eigenvalue weighted by Gasteiger charge is 2.42. The van der Waals surface area contributed by atoms with E-state index in [0.717, 1.165) is 8.95 Å². The Labute approximate surface area is 135 Å². The Balaban J connectivity index is 2.59. The molecule has 0 aliphatic carbocycles. The smallest absolute Gasteiger partial charge is 0.250 e. The Hall–Kier alpha value is -0.880. The minimum atomic E-state index is -0.517. The monoisotopic (exact) mass is 402 g/mol. The number of para-hydroxylation sites is 1. The lowest BCUT2D eigenvalue weighted by molar-refractivity contribution is -0.134. The summed E-state index contributed by atoms with van der Waals surface area (Å²) in [6.07, 6.45) is 0. The lowest BCUT2D eigenvalue weighted by Crippen LogP contribution is -2.64. The molecule has 2 rings (SSSR count). The van der Waals surface area contributed by atoms with Crippen molar-refractivity contribution in [3.05, 3.63) is 27.1 Å². The van der Waals surface area contributed by atoms with E-state index in [1.54, 1.807) is 11.8 Å². The minimum Gasteiger partial charge on any atom is -0.343 e. The molecule has 2 atom stereocenters. The summed E-state index contributed by atoms with van der Waals surface area (Å²) in [7, 11) is 0. The molecule has 4 nitrogen and oxygen atoms in total. The number of carbonyl (C=O) groups excluding carboxylic acids is 2. The first kappa shape index (κ1) is 15.5. The third kappa shape index (κ3) is 2.63. The van der Waals surface area contributed by atoms with Crippen LogP contribution in [0.1, 0.15) is 20.8 Å². The zero-order valence-corrected chi connectivity index (χ0v) is 14.7. The number of hydrogen-bond donors (Lipinski definition) is 1. The fourth-order valence-electron chi connectivity index (χ4n) is 2.39. The summed E-state index contributed by atoms with van der Waals surface area (Å²) in [5.74, 6) is -0.198. The Bertz CT molecular complexity index is 540. The van der Waals surface area contributed by atoms with Crippen molar-refractivity contribution in [2.45, 2.75) is 32.9 Å². The lowest BCUT2D eigenvalue weighted by Gasteiger charge is -2.40. The maximum Gasteiger partial charge on any atom is 0.250 e. The molecule has 0 saturated carbocycles. The van der Waals surface area contributed by atoms with Gasteiger partial charge in [0.1, 0.15) is 12.1 Å². The molecule has 1 aliphatic rings. The molecule has 1 aromatic carbocycles. The Morgan fingerprint density at radius 1 is 1.20 bits per heavy atom. The summed E-state index contributed by atoms with van der Waals surface area (Å²) in [4.78, 5) is 26.4. The van der Waals surface area contributed by atoms with Crippen LogP contribution in [-0.2, 0) is 9.59 Å². The number of anilines is 1. The van der Waals surface area contributed by atoms with Gasteiger partial charge in [0.2, 0.25) is 11.8 Å². The molecule has 1 saturated heterocycles. The largest absolute Gasteiger partial charge is 0.343 e. The Morgan fingerprint density at radius 3 is 2.25 bits per heavy atom. The van der Waals surface area contributed by atoms with Crippen molar-refractivity contribution in [3.63, 3.8) is 0 Å². The average Bonchev–Trinajstić information content (AvgIpc) is 2.34. The third-order valence-electron chi connectivity index (χ3n) is 3.32. The molecular formula is C14H16Br2N2O2. The molecule has 6 heteroatoms. The Morgan fingerprint density at radius 2 is 1.75 bits per heavy atom. The maximum atomic E-state index is 12.6. The first-order valence-electron chi connectivity index (χ1n) is 6.42. The van der Waals surface area contributed by atoms with Crippen molar-refractivity contribution in [1.82, 2.24) is 5.32 Å². The zero-order chi connectivity index (χ0) is 15.0. The number of carbonyl (C=O) groups is 2. The van der Waals surface area contributed by atoms with Gasteiger partial charge in [-0.1, -0.05) is 19.9 Å². The van der Waals surface area contributed by atoms with Crippen LogP contribution in [0.4, 0.5) is 5.69 Å². The summed E-state index contributed by atoms with van der Waals surface area (Å²) < 4.78 is 1.57. The minimum absolute atomic E-state index is 0.0189. The van der Waals surface area contributed by atoms with Gasteiger partial charge in [0.25, 0.3) is 0 Å². The van der Waals surface area contributed by atoms with Crippen molar-refractivity contribution in [1.29, 1.82) is 0 Å². The van der Waals surface area contributed by atoms with Gasteiger partial charge in [-0.15, -0.1) is 0 Å². The van der Waals surface area contributed by atoms with Crippen LogP contribution in [0, 0.1) is 5.92 Å². The van der Waals surface area contributed by atoms with Gasteiger partial charge in [-0.25, -0.2) is 0 Å². The van der Waals surface area contributed by atoms with Crippen molar-refractivity contribution in [2.75, 3.05) is 4.90 Å². The van der Waals surface area contributed by atoms with Crippen molar-refractivity contribution in [3.8, 4) is 0 Å². The van der Waals surface area contributed by atoms with Gasteiger partial charge < -0.3 is 5.32 Å². The van der Waals surface area contributed by atoms with Crippen molar-refractivity contribution >= 4 is 49.4 Å². The summed E-state index contributed by atoms with van der Waals surface area (Å²) >= 11 is 6.94. The number of benzene rings is 1. The number of piperazine rings is 1. The van der Waals surface area contributed by atoms with Gasteiger partial charge in [0.15, 0.2) is 0 Å². The predicted molar refractivity (Wildman–Crippen MR) is 85.6 cm³/mol. The highest BCUT2D eigenvalue weighted by molar-refractivity contribution is 9.11. The summed E-state index contributed by atoms with van der Waals surface area (Å²) in [6.45, 7) is 5.57. The molecule has 1 aliphatic heterocycles. The highest BCUT2D eigenvalue weighted by Crippen LogP contribution is 2.37. The second-order valence-corrected chi connectivity index (χ2v) is 6.91. The molecule has 1 heterocycles. The average molecular weight is 404 g/mol. The van der Waals surface area contributed by atoms with Crippen LogP contribution in [0.2, 0.25) is 0 Å². The van der Waals surface area contributed by atoms with Gasteiger partial charge in [-0.2, -0.15) is 0 Å². The number of nitrogens with one attached hydrogen (secondary N) is 1. The number of rotatable bonds is 2. The molecule has 0 aromatic heterocycles. The normalized spacial score (nSPS) is 23.2. The van der Waals surface area contributed by atoms with Crippen LogP contribution in [0.15, 0.2) is 27.1 Å². The van der Waals surface area contributed by atoms with E-state index in [4.69, 9.17) is 0 Å². The molecule has 0 bridgehead atoms. The van der Waals surface area contributed by atoms with Crippen LogP contribution in [-0.4, -0.2) is 23.9 Å². The van der Waals surface area contributed by atoms with E-state index in [1.807, 2.05) is 32.0 Å². The van der Waals surface area contributed by atoms with Crippen LogP contribution in [0.25, 0.3) is 0 Å². The first-order valence-corrected chi connectivity index (χ1v) is 8.00. The first-order chi connectivity index (χ1) is 9.34. The second-order valence-electron chi connectivity index (χ2n) is 5.20. The van der Waals surface area contributed by atoms with Crippen LogP contribution >= 0.6 is 31.9 Å². The summed E-state index contributed by atoms with van der Waals surface area (Å²) in [5, 5.41) is 2.74. The molecule has 1 N–H and O–H groups in total. The van der Waals surface area contributed by atoms with Crippen LogP contribution < -0.4 is 10.2 Å². The molecule has 2 amide bonds. The van der Waals surface area contributed by atoms with Gasteiger partial charge in [0, 0.05) is 8.95 Å². The highest BCUT2D eigenvalue weighted by atomic mass is 79.9. The van der Waals surface area contributed by atoms with E-state index in [2.05, 4.69) is 37.2 Å². The standard InChI is InChI=1S/C14H16Br2N2O2/c1-7(2)11-13(19)17-8(3)14(20)18(11)12-9(15)5-4-6-10(12)16/h4-8,11H,1-3H3,(H,17,19). The number of amides is 2. The van der Waals surface area contributed by atoms with Crippen LogP contribution in [0.3, 0.4) is 0 Å². The SMILES string of the molecule is CC1NC(=O)C(C(C)C)N(c2c(Br)cccc2Br)C1=O. The number of hydrogen-bond acceptors (Lipinski definition) is 2. The molecule has 1 fully saturated rings. The molecule has 108 valence electrons. The zero-order valence-electron chi connectivity index (χ0n) is 11.5. The topological polar surface area (TPSA) is 49.4 Å². The van der Waals surface area contributed by atoms with Crippen LogP contribution in [0.5, 0.6) is 0 Å². The van der Waals surface area contributed by atoms with Gasteiger partial charge in [0.05, 0.1) is 5.69 Å². The van der Waals surface area contributed by atoms with Crippen molar-refractivity contribution in [2.24, 2.45) is 5.92 Å². The molecule has 0 spiro atoms. The van der Waals surface area contributed by atoms with E-state index in [1.165, 1.54) is 0 Å². The van der Waals surface area contributed by atoms with Crippen molar-refractivity contribution < 1.29 is 9.59 Å². The number of halogens is 2. The van der Waals surface area contributed by atoms with E-state index in [9.17, 15) is 9.59 Å². The molecule has 20 heavy (non-hydrogen) atoms. The molecular weight excluding hydrogens is 388 g/mol. The van der Waals surface area contributed by atoms with Gasteiger partial charge >= 0.3 is 0 Å². The van der Waals surface area contributed by atoms with E-state index in [-0.39, 0.29) is 17.7 Å². The van der Waals surface area contributed by atoms with E-state index >= 15 is 0 Å². The van der Waals surface area contributed by atoms with Gasteiger partial charge in [-0.05, 0) is 56.8 Å². The summed E-state index contributed by atoms with van der Waals surface area (Å²) in [5.41, 5.74) is 0.706. The Kier molecular flexibility index (Phi) is 4.54. The fourth-order valence-corrected chi connectivity index (χ4v) is 3.77.